The predicted molar refractivity (Wildman–Crippen MR) is 45.3 cm³/mol. The lowest BCUT2D eigenvalue weighted by atomic mass is 10.8. The molecular formula is C7H8ClN3O. The van der Waals surface area contributed by atoms with E-state index < -0.39 is 0 Å². The second kappa shape index (κ2) is 2.71. The first-order valence-corrected chi connectivity index (χ1v) is 4.04. The molecule has 4 nitrogen and oxygen atoms in total. The van der Waals surface area contributed by atoms with E-state index in [0.717, 1.165) is 5.65 Å². The maximum absolute atomic E-state index is 5.77. The van der Waals surface area contributed by atoms with Gasteiger partial charge < -0.3 is 4.84 Å². The first kappa shape index (κ1) is 7.49. The summed E-state index contributed by atoms with van der Waals surface area (Å²) < 4.78 is 3.39. The summed E-state index contributed by atoms with van der Waals surface area (Å²) in [5, 5.41) is 0.448. The topological polar surface area (TPSA) is 31.5 Å². The molecule has 0 amide bonds. The van der Waals surface area contributed by atoms with Crippen LogP contribution in [0.2, 0.25) is 5.28 Å². The number of halogens is 1. The highest BCUT2D eigenvalue weighted by atomic mass is 35.5. The molecule has 2 heterocycles. The van der Waals surface area contributed by atoms with Gasteiger partial charge in [-0.15, -0.1) is 0 Å². The minimum absolute atomic E-state index is 0.448. The number of fused-ring (bicyclic) bond motifs is 1. The number of aromatic nitrogens is 3. The van der Waals surface area contributed by atoms with E-state index in [0.29, 0.717) is 11.9 Å². The van der Waals surface area contributed by atoms with E-state index >= 15 is 0 Å². The maximum Gasteiger partial charge on any atom is 0.208 e. The fraction of sp³-hybridized carbons (Fsp3) is 0.286. The molecule has 0 aromatic carbocycles. The van der Waals surface area contributed by atoms with Crippen LogP contribution in [0.4, 0.5) is 0 Å². The number of hydrogen-bond acceptors (Lipinski definition) is 2. The largest absolute Gasteiger partial charge is 0.413 e. The van der Waals surface area contributed by atoms with Crippen LogP contribution < -0.4 is 4.84 Å². The van der Waals surface area contributed by atoms with Crippen LogP contribution in [-0.2, 0) is 0 Å². The Labute approximate surface area is 74.3 Å². The van der Waals surface area contributed by atoms with Crippen molar-refractivity contribution < 1.29 is 4.84 Å². The molecule has 64 valence electrons. The van der Waals surface area contributed by atoms with Gasteiger partial charge in [0.05, 0.1) is 12.4 Å². The van der Waals surface area contributed by atoms with E-state index in [4.69, 9.17) is 16.4 Å². The molecule has 0 saturated heterocycles. The molecule has 0 spiro atoms. The van der Waals surface area contributed by atoms with Crippen molar-refractivity contribution in [1.29, 1.82) is 0 Å². The van der Waals surface area contributed by atoms with Gasteiger partial charge in [0.2, 0.25) is 5.28 Å². The molecule has 0 atom stereocenters. The Hall–Kier alpha value is -1.16. The summed E-state index contributed by atoms with van der Waals surface area (Å²) in [6.45, 7) is 2.54. The molecule has 0 fully saturated rings. The van der Waals surface area contributed by atoms with Crippen molar-refractivity contribution >= 4 is 17.2 Å². The van der Waals surface area contributed by atoms with Gasteiger partial charge in [-0.3, -0.25) is 4.40 Å². The average Bonchev–Trinajstić information content (AvgIpc) is 2.58. The summed E-state index contributed by atoms with van der Waals surface area (Å²) in [6, 6.07) is 0. The van der Waals surface area contributed by atoms with Crippen molar-refractivity contribution in [2.45, 2.75) is 6.92 Å². The molecule has 2 aromatic rings. The average molecular weight is 186 g/mol. The van der Waals surface area contributed by atoms with Crippen molar-refractivity contribution in [3.05, 3.63) is 23.9 Å². The zero-order valence-electron chi connectivity index (χ0n) is 6.57. The van der Waals surface area contributed by atoms with Gasteiger partial charge in [0.15, 0.2) is 5.65 Å². The van der Waals surface area contributed by atoms with Crippen LogP contribution in [0.15, 0.2) is 18.6 Å². The van der Waals surface area contributed by atoms with E-state index in [-0.39, 0.29) is 0 Å². The molecule has 0 aliphatic heterocycles. The van der Waals surface area contributed by atoms with Gasteiger partial charge in [0.1, 0.15) is 6.61 Å². The molecule has 0 bridgehead atoms. The Bertz CT molecular complexity index is 392. The second-order valence-electron chi connectivity index (χ2n) is 2.30. The van der Waals surface area contributed by atoms with Crippen molar-refractivity contribution in [1.82, 2.24) is 14.1 Å². The Kier molecular flexibility index (Phi) is 1.69. The third-order valence-electron chi connectivity index (χ3n) is 1.58. The Morgan fingerprint density at radius 1 is 1.58 bits per heavy atom. The highest BCUT2D eigenvalue weighted by Gasteiger charge is 2.04. The SMILES string of the molecule is CCOn1ccn2c(Cl)ncc12. The fourth-order valence-electron chi connectivity index (χ4n) is 1.08. The summed E-state index contributed by atoms with van der Waals surface area (Å²) in [6.07, 6.45) is 5.27. The van der Waals surface area contributed by atoms with Gasteiger partial charge in [0, 0.05) is 6.20 Å². The Morgan fingerprint density at radius 2 is 2.42 bits per heavy atom. The summed E-state index contributed by atoms with van der Waals surface area (Å²) in [7, 11) is 0. The third kappa shape index (κ3) is 0.956. The Morgan fingerprint density at radius 3 is 3.17 bits per heavy atom. The first-order chi connectivity index (χ1) is 5.83. The fourth-order valence-corrected chi connectivity index (χ4v) is 1.27. The van der Waals surface area contributed by atoms with Crippen LogP contribution >= 0.6 is 11.6 Å². The third-order valence-corrected chi connectivity index (χ3v) is 1.86. The second-order valence-corrected chi connectivity index (χ2v) is 2.64. The molecule has 0 aliphatic rings. The van der Waals surface area contributed by atoms with Gasteiger partial charge in [-0.1, -0.05) is 0 Å². The van der Waals surface area contributed by atoms with Gasteiger partial charge in [0.25, 0.3) is 0 Å². The molecule has 0 N–H and O–H groups in total. The normalized spacial score (nSPS) is 10.8. The lowest BCUT2D eigenvalue weighted by molar-refractivity contribution is 0.131. The zero-order valence-corrected chi connectivity index (χ0v) is 7.32. The summed E-state index contributed by atoms with van der Waals surface area (Å²) in [5.74, 6) is 0. The highest BCUT2D eigenvalue weighted by molar-refractivity contribution is 6.28. The molecule has 0 unspecified atom stereocenters. The number of nitrogens with zero attached hydrogens (tertiary/aromatic N) is 3. The minimum Gasteiger partial charge on any atom is -0.413 e. The van der Waals surface area contributed by atoms with E-state index in [9.17, 15) is 0 Å². The van der Waals surface area contributed by atoms with Gasteiger partial charge in [-0.2, -0.15) is 4.73 Å². The lowest BCUT2D eigenvalue weighted by Gasteiger charge is -2.01. The smallest absolute Gasteiger partial charge is 0.208 e. The lowest BCUT2D eigenvalue weighted by Crippen LogP contribution is -2.08. The Balaban J connectivity index is 2.55. The van der Waals surface area contributed by atoms with Crippen molar-refractivity contribution in [3.63, 3.8) is 0 Å². The first-order valence-electron chi connectivity index (χ1n) is 3.66. The number of hydrogen-bond donors (Lipinski definition) is 0. The van der Waals surface area contributed by atoms with Crippen LogP contribution in [0.3, 0.4) is 0 Å². The molecule has 5 heteroatoms. The van der Waals surface area contributed by atoms with Crippen LogP contribution in [-0.4, -0.2) is 20.7 Å². The van der Waals surface area contributed by atoms with E-state index in [2.05, 4.69) is 4.98 Å². The van der Waals surface area contributed by atoms with Crippen molar-refractivity contribution in [2.75, 3.05) is 6.61 Å². The van der Waals surface area contributed by atoms with Gasteiger partial charge in [-0.25, -0.2) is 4.98 Å². The summed E-state index contributed by atoms with van der Waals surface area (Å²) in [4.78, 5) is 9.20. The number of imidazole rings is 2. The van der Waals surface area contributed by atoms with Gasteiger partial charge >= 0.3 is 0 Å². The molecular weight excluding hydrogens is 178 g/mol. The quantitative estimate of drug-likeness (QED) is 0.705. The molecule has 2 aromatic heterocycles. The van der Waals surface area contributed by atoms with E-state index in [1.54, 1.807) is 27.7 Å². The van der Waals surface area contributed by atoms with E-state index in [1.807, 2.05) is 6.92 Å². The standard InChI is InChI=1S/C7H8ClN3O/c1-2-12-11-4-3-10-6(11)5-9-7(10)8/h3-5H,2H2,1H3. The zero-order chi connectivity index (χ0) is 8.55. The molecule has 2 rings (SSSR count). The van der Waals surface area contributed by atoms with Crippen LogP contribution in [0.5, 0.6) is 0 Å². The predicted octanol–water partition coefficient (Wildman–Crippen LogP) is 1.24. The van der Waals surface area contributed by atoms with E-state index in [1.165, 1.54) is 0 Å². The molecule has 0 saturated carbocycles. The summed E-state index contributed by atoms with van der Waals surface area (Å²) >= 11 is 5.77. The highest BCUT2D eigenvalue weighted by Crippen LogP contribution is 2.10. The minimum atomic E-state index is 0.448. The molecule has 0 aliphatic carbocycles. The summed E-state index contributed by atoms with van der Waals surface area (Å²) in [5.41, 5.74) is 0.835. The van der Waals surface area contributed by atoms with Crippen LogP contribution in [0.25, 0.3) is 5.65 Å². The van der Waals surface area contributed by atoms with Crippen LogP contribution in [0.1, 0.15) is 6.92 Å². The van der Waals surface area contributed by atoms with Crippen LogP contribution in [0, 0.1) is 0 Å². The maximum atomic E-state index is 5.77. The van der Waals surface area contributed by atoms with Crippen molar-refractivity contribution in [2.24, 2.45) is 0 Å². The molecule has 12 heavy (non-hydrogen) atoms. The molecule has 0 radical (unpaired) electrons. The number of rotatable bonds is 2. The van der Waals surface area contributed by atoms with Gasteiger partial charge in [-0.05, 0) is 18.5 Å². The van der Waals surface area contributed by atoms with Crippen molar-refractivity contribution in [3.8, 4) is 0 Å². The monoisotopic (exact) mass is 185 g/mol.